The Bertz CT molecular complexity index is 428. The van der Waals surface area contributed by atoms with E-state index in [0.717, 1.165) is 39.0 Å². The number of nitrogens with zero attached hydrogens (tertiary/aromatic N) is 2. The van der Waals surface area contributed by atoms with Gasteiger partial charge in [-0.2, -0.15) is 0 Å². The highest BCUT2D eigenvalue weighted by molar-refractivity contribution is 5.75. The summed E-state index contributed by atoms with van der Waals surface area (Å²) in [7, 11) is 1.42. The highest BCUT2D eigenvalue weighted by atomic mass is 16.6. The minimum Gasteiger partial charge on any atom is -0.468 e. The smallest absolute Gasteiger partial charge is 0.410 e. The van der Waals surface area contributed by atoms with E-state index in [-0.39, 0.29) is 23.5 Å². The maximum Gasteiger partial charge on any atom is 0.410 e. The number of hydrogen-bond acceptors (Lipinski definition) is 5. The molecule has 0 aromatic carbocycles. The highest BCUT2D eigenvalue weighted by Gasteiger charge is 2.48. The molecule has 1 spiro atoms. The van der Waals surface area contributed by atoms with Crippen molar-refractivity contribution in [3.8, 4) is 0 Å². The van der Waals surface area contributed by atoms with Gasteiger partial charge in [-0.25, -0.2) is 4.79 Å². The zero-order valence-corrected chi connectivity index (χ0v) is 14.3. The first-order valence-electron chi connectivity index (χ1n) is 7.96. The molecule has 0 saturated carbocycles. The van der Waals surface area contributed by atoms with Crippen molar-refractivity contribution >= 4 is 12.1 Å². The molecule has 2 heterocycles. The van der Waals surface area contributed by atoms with Crippen molar-refractivity contribution in [2.24, 2.45) is 5.41 Å². The van der Waals surface area contributed by atoms with Gasteiger partial charge in [0.1, 0.15) is 11.6 Å². The summed E-state index contributed by atoms with van der Waals surface area (Å²) in [4.78, 5) is 27.6. The second-order valence-corrected chi connectivity index (χ2v) is 7.57. The van der Waals surface area contributed by atoms with Crippen molar-refractivity contribution in [3.63, 3.8) is 0 Å². The predicted octanol–water partition coefficient (Wildman–Crippen LogP) is 1.88. The number of rotatable bonds is 2. The van der Waals surface area contributed by atoms with E-state index >= 15 is 0 Å². The Morgan fingerprint density at radius 2 is 1.68 bits per heavy atom. The number of hydrogen-bond donors (Lipinski definition) is 0. The predicted molar refractivity (Wildman–Crippen MR) is 82.5 cm³/mol. The van der Waals surface area contributed by atoms with Gasteiger partial charge < -0.3 is 14.4 Å². The number of ether oxygens (including phenoxy) is 2. The molecule has 1 amide bonds. The van der Waals surface area contributed by atoms with Crippen LogP contribution >= 0.6 is 0 Å². The van der Waals surface area contributed by atoms with Gasteiger partial charge >= 0.3 is 12.1 Å². The van der Waals surface area contributed by atoms with Crippen molar-refractivity contribution in [2.75, 3.05) is 33.3 Å². The zero-order valence-electron chi connectivity index (χ0n) is 14.3. The molecule has 0 aliphatic carbocycles. The topological polar surface area (TPSA) is 59.1 Å². The summed E-state index contributed by atoms with van der Waals surface area (Å²) in [6.07, 6.45) is 1.72. The number of likely N-dealkylation sites (tertiary alicyclic amines) is 2. The van der Waals surface area contributed by atoms with Crippen molar-refractivity contribution in [1.29, 1.82) is 0 Å². The van der Waals surface area contributed by atoms with Gasteiger partial charge in [0.05, 0.1) is 7.11 Å². The molecule has 1 atom stereocenters. The van der Waals surface area contributed by atoms with Gasteiger partial charge in [0.15, 0.2) is 0 Å². The van der Waals surface area contributed by atoms with Crippen LogP contribution in [0.4, 0.5) is 4.79 Å². The van der Waals surface area contributed by atoms with Crippen LogP contribution in [-0.4, -0.2) is 66.8 Å². The van der Waals surface area contributed by atoms with E-state index in [1.807, 2.05) is 27.7 Å². The van der Waals surface area contributed by atoms with Crippen LogP contribution in [0.15, 0.2) is 0 Å². The molecular weight excluding hydrogens is 284 g/mol. The molecule has 126 valence electrons. The van der Waals surface area contributed by atoms with Crippen LogP contribution in [-0.2, 0) is 14.3 Å². The standard InChI is InChI=1S/C16H28N2O4/c1-12(13(19)21-5)18-10-16(11-18)6-8-17(9-7-16)14(20)22-15(2,3)4/h12H,6-11H2,1-5H3. The molecule has 0 N–H and O–H groups in total. The molecule has 6 heteroatoms. The number of carbonyl (C=O) groups excluding carboxylic acids is 2. The zero-order chi connectivity index (χ0) is 16.5. The fourth-order valence-electron chi connectivity index (χ4n) is 3.22. The van der Waals surface area contributed by atoms with Crippen LogP contribution in [0.3, 0.4) is 0 Å². The van der Waals surface area contributed by atoms with E-state index in [1.54, 1.807) is 4.90 Å². The molecule has 2 saturated heterocycles. The second-order valence-electron chi connectivity index (χ2n) is 7.57. The third-order valence-corrected chi connectivity index (χ3v) is 4.64. The lowest BCUT2D eigenvalue weighted by atomic mass is 9.71. The van der Waals surface area contributed by atoms with E-state index in [4.69, 9.17) is 9.47 Å². The molecular formula is C16H28N2O4. The normalized spacial score (nSPS) is 22.9. The van der Waals surface area contributed by atoms with Gasteiger partial charge in [0.25, 0.3) is 0 Å². The minimum atomic E-state index is -0.449. The van der Waals surface area contributed by atoms with Crippen LogP contribution in [0, 0.1) is 5.41 Å². The van der Waals surface area contributed by atoms with Crippen molar-refractivity contribution in [2.45, 2.75) is 52.2 Å². The minimum absolute atomic E-state index is 0.180. The Labute approximate surface area is 132 Å². The number of methoxy groups -OCH3 is 1. The summed E-state index contributed by atoms with van der Waals surface area (Å²) >= 11 is 0. The summed E-state index contributed by atoms with van der Waals surface area (Å²) in [5.74, 6) is -0.180. The van der Waals surface area contributed by atoms with Crippen LogP contribution in [0.5, 0.6) is 0 Å². The molecule has 0 aromatic heterocycles. The molecule has 0 radical (unpaired) electrons. The largest absolute Gasteiger partial charge is 0.468 e. The SMILES string of the molecule is COC(=O)C(C)N1CC2(CCN(C(=O)OC(C)(C)C)CC2)C1. The Morgan fingerprint density at radius 1 is 1.14 bits per heavy atom. The summed E-state index contributed by atoms with van der Waals surface area (Å²) in [5, 5.41) is 0. The molecule has 2 rings (SSSR count). The summed E-state index contributed by atoms with van der Waals surface area (Å²) in [6.45, 7) is 10.8. The molecule has 0 bridgehead atoms. The third kappa shape index (κ3) is 3.72. The number of amides is 1. The first-order chi connectivity index (χ1) is 10.2. The third-order valence-electron chi connectivity index (χ3n) is 4.64. The van der Waals surface area contributed by atoms with Gasteiger partial charge in [0.2, 0.25) is 0 Å². The molecule has 22 heavy (non-hydrogen) atoms. The second kappa shape index (κ2) is 6.07. The average molecular weight is 312 g/mol. The van der Waals surface area contributed by atoms with E-state index in [2.05, 4.69) is 4.90 Å². The van der Waals surface area contributed by atoms with E-state index in [0.29, 0.717) is 0 Å². The quantitative estimate of drug-likeness (QED) is 0.729. The number of carbonyl (C=O) groups is 2. The van der Waals surface area contributed by atoms with E-state index in [9.17, 15) is 9.59 Å². The lowest BCUT2D eigenvalue weighted by Gasteiger charge is -2.55. The lowest BCUT2D eigenvalue weighted by Crippen LogP contribution is -2.64. The molecule has 0 aromatic rings. The number of piperidine rings is 1. The van der Waals surface area contributed by atoms with Gasteiger partial charge in [-0.1, -0.05) is 0 Å². The van der Waals surface area contributed by atoms with Crippen molar-refractivity contribution in [3.05, 3.63) is 0 Å². The van der Waals surface area contributed by atoms with Gasteiger partial charge in [-0.15, -0.1) is 0 Å². The monoisotopic (exact) mass is 312 g/mol. The van der Waals surface area contributed by atoms with Gasteiger partial charge in [-0.3, -0.25) is 9.69 Å². The van der Waals surface area contributed by atoms with Gasteiger partial charge in [-0.05, 0) is 46.0 Å². The summed E-state index contributed by atoms with van der Waals surface area (Å²) in [6, 6.07) is -0.181. The molecule has 6 nitrogen and oxygen atoms in total. The lowest BCUT2D eigenvalue weighted by molar-refractivity contribution is -0.153. The Kier molecular flexibility index (Phi) is 4.70. The van der Waals surface area contributed by atoms with Crippen LogP contribution in [0.25, 0.3) is 0 Å². The number of esters is 1. The molecule has 1 unspecified atom stereocenters. The fourth-order valence-corrected chi connectivity index (χ4v) is 3.22. The molecule has 2 aliphatic rings. The molecule has 2 fully saturated rings. The van der Waals surface area contributed by atoms with Crippen molar-refractivity contribution < 1.29 is 19.1 Å². The Balaban J connectivity index is 1.79. The van der Waals surface area contributed by atoms with Crippen LogP contribution in [0.1, 0.15) is 40.5 Å². The maximum atomic E-state index is 12.1. The Morgan fingerprint density at radius 3 is 2.14 bits per heavy atom. The average Bonchev–Trinajstić information content (AvgIpc) is 2.41. The Hall–Kier alpha value is -1.30. The van der Waals surface area contributed by atoms with Crippen LogP contribution < -0.4 is 0 Å². The maximum absolute atomic E-state index is 12.1. The van der Waals surface area contributed by atoms with Gasteiger partial charge in [0, 0.05) is 26.2 Å². The first-order valence-corrected chi connectivity index (χ1v) is 7.96. The van der Waals surface area contributed by atoms with E-state index < -0.39 is 5.60 Å². The molecule has 2 aliphatic heterocycles. The first kappa shape index (κ1) is 17.1. The fraction of sp³-hybridized carbons (Fsp3) is 0.875. The van der Waals surface area contributed by atoms with E-state index in [1.165, 1.54) is 7.11 Å². The summed E-state index contributed by atoms with van der Waals surface area (Å²) < 4.78 is 10.2. The highest BCUT2D eigenvalue weighted by Crippen LogP contribution is 2.41. The summed E-state index contributed by atoms with van der Waals surface area (Å²) in [5.41, 5.74) is -0.198. The van der Waals surface area contributed by atoms with Crippen molar-refractivity contribution in [1.82, 2.24) is 9.80 Å². The van der Waals surface area contributed by atoms with Crippen LogP contribution in [0.2, 0.25) is 0 Å².